The van der Waals surface area contributed by atoms with Crippen molar-refractivity contribution in [3.05, 3.63) is 0 Å². The van der Waals surface area contributed by atoms with Gasteiger partial charge in [0, 0.05) is 19.1 Å². The van der Waals surface area contributed by atoms with Gasteiger partial charge in [0.1, 0.15) is 0 Å². The minimum atomic E-state index is 0.381. The van der Waals surface area contributed by atoms with Crippen molar-refractivity contribution in [3.8, 4) is 0 Å². The van der Waals surface area contributed by atoms with Crippen LogP contribution in [0.15, 0.2) is 0 Å². The van der Waals surface area contributed by atoms with Crippen LogP contribution in [0.2, 0.25) is 0 Å². The van der Waals surface area contributed by atoms with E-state index in [-0.39, 0.29) is 0 Å². The minimum Gasteiger partial charge on any atom is -0.351 e. The van der Waals surface area contributed by atoms with Gasteiger partial charge in [-0.15, -0.1) is 0 Å². The van der Waals surface area contributed by atoms with Crippen LogP contribution in [-0.4, -0.2) is 34.1 Å². The maximum atomic E-state index is 5.49. The lowest BCUT2D eigenvalue weighted by atomic mass is 10.0. The fraction of sp³-hybridized carbons (Fsp3) is 0.786. The third kappa shape index (κ3) is 3.34. The fourth-order valence-electron chi connectivity index (χ4n) is 3.33. The van der Waals surface area contributed by atoms with E-state index in [1.807, 2.05) is 0 Å². The van der Waals surface area contributed by atoms with Crippen LogP contribution in [0.3, 0.4) is 0 Å². The van der Waals surface area contributed by atoms with E-state index < -0.39 is 0 Å². The fourth-order valence-corrected chi connectivity index (χ4v) is 3.33. The first kappa shape index (κ1) is 14.3. The maximum absolute atomic E-state index is 5.49. The lowest BCUT2D eigenvalue weighted by Gasteiger charge is -2.22. The molecule has 1 aromatic heterocycles. The second-order valence-electron chi connectivity index (χ2n) is 6.10. The summed E-state index contributed by atoms with van der Waals surface area (Å²) < 4.78 is 0. The summed E-state index contributed by atoms with van der Waals surface area (Å²) in [5, 5.41) is 3.44. The molecule has 7 heteroatoms. The largest absolute Gasteiger partial charge is 0.351 e. The van der Waals surface area contributed by atoms with Crippen LogP contribution in [0, 0.1) is 5.92 Å². The van der Waals surface area contributed by atoms with Crippen LogP contribution in [0.25, 0.3) is 0 Å². The molecule has 3 rings (SSSR count). The predicted molar refractivity (Wildman–Crippen MR) is 84.1 cm³/mol. The third-order valence-electron chi connectivity index (χ3n) is 4.61. The summed E-state index contributed by atoms with van der Waals surface area (Å²) in [4.78, 5) is 15.5. The molecular formula is C14H25N7. The van der Waals surface area contributed by atoms with E-state index in [0.29, 0.717) is 23.9 Å². The van der Waals surface area contributed by atoms with Gasteiger partial charge in [0.15, 0.2) is 0 Å². The smallest absolute Gasteiger partial charge is 0.243 e. The molecule has 1 unspecified atom stereocenters. The number of nitrogens with two attached hydrogens (primary N) is 1. The monoisotopic (exact) mass is 291 g/mol. The number of hydrazine groups is 1. The molecule has 1 saturated heterocycles. The average molecular weight is 291 g/mol. The summed E-state index contributed by atoms with van der Waals surface area (Å²) in [7, 11) is 0. The van der Waals surface area contributed by atoms with Crippen molar-refractivity contribution in [3.63, 3.8) is 0 Å². The highest BCUT2D eigenvalue weighted by Gasteiger charge is 2.23. The quantitative estimate of drug-likeness (QED) is 0.562. The molecule has 2 aliphatic rings. The van der Waals surface area contributed by atoms with Crippen molar-refractivity contribution in [2.75, 3.05) is 28.7 Å². The molecule has 7 nitrogen and oxygen atoms in total. The Morgan fingerprint density at radius 3 is 2.38 bits per heavy atom. The lowest BCUT2D eigenvalue weighted by molar-refractivity contribution is 0.480. The Morgan fingerprint density at radius 2 is 1.71 bits per heavy atom. The Labute approximate surface area is 125 Å². The standard InChI is InChI=1S/C14H25N7/c1-10(11-6-2-3-7-11)16-12-17-13(20-15)19-14(18-12)21-8-4-5-9-21/h10-11H,2-9,15H2,1H3,(H2,16,17,18,19,20). The molecule has 0 bridgehead atoms. The van der Waals surface area contributed by atoms with Gasteiger partial charge in [-0.2, -0.15) is 15.0 Å². The van der Waals surface area contributed by atoms with E-state index >= 15 is 0 Å². The van der Waals surface area contributed by atoms with E-state index in [2.05, 4.69) is 37.5 Å². The molecule has 0 amide bonds. The second kappa shape index (κ2) is 6.43. The van der Waals surface area contributed by atoms with E-state index in [4.69, 9.17) is 5.84 Å². The Hall–Kier alpha value is -1.63. The first-order valence-electron chi connectivity index (χ1n) is 8.00. The van der Waals surface area contributed by atoms with Crippen LogP contribution < -0.4 is 21.5 Å². The van der Waals surface area contributed by atoms with Gasteiger partial charge in [0.2, 0.25) is 17.8 Å². The van der Waals surface area contributed by atoms with E-state index in [1.54, 1.807) is 0 Å². The van der Waals surface area contributed by atoms with Gasteiger partial charge in [-0.3, -0.25) is 5.43 Å². The van der Waals surface area contributed by atoms with E-state index in [9.17, 15) is 0 Å². The van der Waals surface area contributed by atoms with Crippen molar-refractivity contribution in [2.45, 2.75) is 51.5 Å². The van der Waals surface area contributed by atoms with Crippen molar-refractivity contribution >= 4 is 17.8 Å². The van der Waals surface area contributed by atoms with Crippen LogP contribution in [-0.2, 0) is 0 Å². The number of aromatic nitrogens is 3. The SMILES string of the molecule is CC(Nc1nc(NN)nc(N2CCCC2)n1)C1CCCC1. The van der Waals surface area contributed by atoms with Crippen molar-refractivity contribution < 1.29 is 0 Å². The summed E-state index contributed by atoms with van der Waals surface area (Å²) in [5.74, 6) is 7.97. The summed E-state index contributed by atoms with van der Waals surface area (Å²) in [6.45, 7) is 4.22. The molecule has 2 fully saturated rings. The third-order valence-corrected chi connectivity index (χ3v) is 4.61. The lowest BCUT2D eigenvalue weighted by Crippen LogP contribution is -2.27. The number of anilines is 3. The van der Waals surface area contributed by atoms with Crippen molar-refractivity contribution in [1.29, 1.82) is 0 Å². The summed E-state index contributed by atoms with van der Waals surface area (Å²) in [6.07, 6.45) is 7.64. The Balaban J connectivity index is 1.75. The molecule has 1 saturated carbocycles. The molecule has 1 aromatic rings. The van der Waals surface area contributed by atoms with E-state index in [1.165, 1.54) is 38.5 Å². The van der Waals surface area contributed by atoms with Crippen molar-refractivity contribution in [1.82, 2.24) is 15.0 Å². The second-order valence-corrected chi connectivity index (χ2v) is 6.10. The molecule has 21 heavy (non-hydrogen) atoms. The zero-order chi connectivity index (χ0) is 14.7. The molecule has 116 valence electrons. The number of rotatable bonds is 5. The summed E-state index contributed by atoms with van der Waals surface area (Å²) in [5.41, 5.74) is 2.55. The highest BCUT2D eigenvalue weighted by molar-refractivity contribution is 5.44. The Kier molecular flexibility index (Phi) is 4.38. The van der Waals surface area contributed by atoms with Crippen molar-refractivity contribution in [2.24, 2.45) is 11.8 Å². The molecule has 1 aliphatic heterocycles. The van der Waals surface area contributed by atoms with Crippen LogP contribution in [0.4, 0.5) is 17.8 Å². The molecule has 0 radical (unpaired) electrons. The number of hydrogen-bond acceptors (Lipinski definition) is 7. The number of nitrogens with one attached hydrogen (secondary N) is 2. The molecular weight excluding hydrogens is 266 g/mol. The van der Waals surface area contributed by atoms with Gasteiger partial charge in [-0.05, 0) is 38.5 Å². The summed E-state index contributed by atoms with van der Waals surface area (Å²) in [6, 6.07) is 0.381. The number of hydrogen-bond donors (Lipinski definition) is 3. The predicted octanol–water partition coefficient (Wildman–Crippen LogP) is 1.75. The molecule has 4 N–H and O–H groups in total. The zero-order valence-electron chi connectivity index (χ0n) is 12.7. The molecule has 1 aliphatic carbocycles. The minimum absolute atomic E-state index is 0.381. The normalized spacial score (nSPS) is 20.8. The Bertz CT molecular complexity index is 466. The summed E-state index contributed by atoms with van der Waals surface area (Å²) >= 11 is 0. The van der Waals surface area contributed by atoms with Gasteiger partial charge < -0.3 is 10.2 Å². The van der Waals surface area contributed by atoms with Gasteiger partial charge in [0.25, 0.3) is 0 Å². The molecule has 0 spiro atoms. The first-order chi connectivity index (χ1) is 10.3. The Morgan fingerprint density at radius 1 is 1.05 bits per heavy atom. The molecule has 0 aromatic carbocycles. The highest BCUT2D eigenvalue weighted by Crippen LogP contribution is 2.29. The molecule has 2 heterocycles. The van der Waals surface area contributed by atoms with Gasteiger partial charge in [-0.1, -0.05) is 12.8 Å². The zero-order valence-corrected chi connectivity index (χ0v) is 12.7. The van der Waals surface area contributed by atoms with Gasteiger partial charge in [0.05, 0.1) is 0 Å². The first-order valence-corrected chi connectivity index (χ1v) is 8.00. The van der Waals surface area contributed by atoms with Gasteiger partial charge >= 0.3 is 0 Å². The van der Waals surface area contributed by atoms with Crippen LogP contribution in [0.5, 0.6) is 0 Å². The molecule has 1 atom stereocenters. The van der Waals surface area contributed by atoms with Crippen LogP contribution in [0.1, 0.15) is 45.4 Å². The highest BCUT2D eigenvalue weighted by atomic mass is 15.4. The van der Waals surface area contributed by atoms with Gasteiger partial charge in [-0.25, -0.2) is 5.84 Å². The maximum Gasteiger partial charge on any atom is 0.243 e. The number of nitrogen functional groups attached to an aromatic ring is 1. The average Bonchev–Trinajstić information content (AvgIpc) is 3.19. The van der Waals surface area contributed by atoms with Crippen LogP contribution >= 0.6 is 0 Å². The topological polar surface area (TPSA) is 92.0 Å². The number of nitrogens with zero attached hydrogens (tertiary/aromatic N) is 4. The van der Waals surface area contributed by atoms with E-state index in [0.717, 1.165) is 19.0 Å².